The summed E-state index contributed by atoms with van der Waals surface area (Å²) in [6.45, 7) is 7.37. The molecule has 1 fully saturated rings. The maximum absolute atomic E-state index is 12.5. The van der Waals surface area contributed by atoms with Crippen LogP contribution in [0.25, 0.3) is 12.2 Å². The van der Waals surface area contributed by atoms with E-state index in [2.05, 4.69) is 25.3 Å². The summed E-state index contributed by atoms with van der Waals surface area (Å²) >= 11 is 0. The first-order valence-electron chi connectivity index (χ1n) is 9.03. The number of rotatable bonds is 8. The molecule has 0 aromatic heterocycles. The SMILES string of the molecule is C=Cc1ccc(OCC(=O)N2C(=O)C[C@H]2CCc2ccccc2)cc1C=C. The second-order valence-electron chi connectivity index (χ2n) is 6.53. The first-order chi connectivity index (χ1) is 13.1. The van der Waals surface area contributed by atoms with Gasteiger partial charge in [-0.3, -0.25) is 14.5 Å². The Balaban J connectivity index is 1.56. The summed E-state index contributed by atoms with van der Waals surface area (Å²) < 4.78 is 5.60. The van der Waals surface area contributed by atoms with Crippen molar-refractivity contribution in [3.05, 3.63) is 78.4 Å². The van der Waals surface area contributed by atoms with Gasteiger partial charge in [-0.05, 0) is 41.7 Å². The van der Waals surface area contributed by atoms with Crippen LogP contribution in [0.3, 0.4) is 0 Å². The standard InChI is InChI=1S/C23H23NO3/c1-3-18-11-13-21(14-19(18)4-2)27-16-23(26)24-20(15-22(24)25)12-10-17-8-6-5-7-9-17/h3-9,11,13-14,20H,1-2,10,12,15-16H2/t20-/m1/s1. The maximum Gasteiger partial charge on any atom is 0.267 e. The van der Waals surface area contributed by atoms with Crippen LogP contribution in [0.15, 0.2) is 61.7 Å². The Bertz CT molecular complexity index is 857. The molecule has 4 heteroatoms. The predicted molar refractivity (Wildman–Crippen MR) is 107 cm³/mol. The highest BCUT2D eigenvalue weighted by atomic mass is 16.5. The number of aryl methyl sites for hydroxylation is 1. The molecule has 2 aromatic carbocycles. The van der Waals surface area contributed by atoms with E-state index in [4.69, 9.17) is 4.74 Å². The molecule has 1 aliphatic rings. The molecule has 2 aromatic rings. The Kier molecular flexibility index (Phi) is 5.87. The average molecular weight is 361 g/mol. The first-order valence-corrected chi connectivity index (χ1v) is 9.03. The lowest BCUT2D eigenvalue weighted by Gasteiger charge is -2.38. The van der Waals surface area contributed by atoms with Crippen LogP contribution in [0.4, 0.5) is 0 Å². The number of hydrogen-bond donors (Lipinski definition) is 0. The fourth-order valence-electron chi connectivity index (χ4n) is 3.25. The molecule has 0 radical (unpaired) electrons. The van der Waals surface area contributed by atoms with E-state index in [1.807, 2.05) is 30.3 Å². The lowest BCUT2D eigenvalue weighted by atomic mass is 9.94. The molecule has 3 rings (SSSR count). The Morgan fingerprint density at radius 1 is 1.11 bits per heavy atom. The number of β-lactam (4-membered cyclic amide) rings is 1. The molecule has 0 unspecified atom stereocenters. The quantitative estimate of drug-likeness (QED) is 0.665. The largest absolute Gasteiger partial charge is 0.484 e. The van der Waals surface area contributed by atoms with E-state index >= 15 is 0 Å². The van der Waals surface area contributed by atoms with Crippen LogP contribution in [0.5, 0.6) is 5.75 Å². The highest BCUT2D eigenvalue weighted by Crippen LogP contribution is 2.25. The minimum Gasteiger partial charge on any atom is -0.484 e. The van der Waals surface area contributed by atoms with Crippen LogP contribution in [0.1, 0.15) is 29.5 Å². The molecular formula is C23H23NO3. The van der Waals surface area contributed by atoms with Crippen molar-refractivity contribution in [1.29, 1.82) is 0 Å². The van der Waals surface area contributed by atoms with E-state index in [0.717, 1.165) is 24.0 Å². The lowest BCUT2D eigenvalue weighted by Crippen LogP contribution is -2.57. The third-order valence-electron chi connectivity index (χ3n) is 4.78. The highest BCUT2D eigenvalue weighted by Gasteiger charge is 2.40. The number of amides is 2. The number of carbonyl (C=O) groups is 2. The van der Waals surface area contributed by atoms with Crippen molar-refractivity contribution in [2.24, 2.45) is 0 Å². The van der Waals surface area contributed by atoms with Gasteiger partial charge in [-0.15, -0.1) is 0 Å². The fourth-order valence-corrected chi connectivity index (χ4v) is 3.25. The van der Waals surface area contributed by atoms with E-state index in [9.17, 15) is 9.59 Å². The van der Waals surface area contributed by atoms with Gasteiger partial charge in [0.1, 0.15) is 5.75 Å². The molecule has 1 atom stereocenters. The molecule has 0 bridgehead atoms. The van der Waals surface area contributed by atoms with Crippen LogP contribution >= 0.6 is 0 Å². The third-order valence-corrected chi connectivity index (χ3v) is 4.78. The zero-order chi connectivity index (χ0) is 19.2. The number of ether oxygens (including phenoxy) is 1. The Hall–Kier alpha value is -3.14. The van der Waals surface area contributed by atoms with Gasteiger partial charge in [0.2, 0.25) is 5.91 Å². The van der Waals surface area contributed by atoms with Crippen LogP contribution < -0.4 is 4.74 Å². The molecule has 0 N–H and O–H groups in total. The van der Waals surface area contributed by atoms with Crippen LogP contribution in [0.2, 0.25) is 0 Å². The van der Waals surface area contributed by atoms with Gasteiger partial charge in [0.05, 0.1) is 0 Å². The van der Waals surface area contributed by atoms with Crippen LogP contribution in [0, 0.1) is 0 Å². The Morgan fingerprint density at radius 2 is 1.85 bits per heavy atom. The summed E-state index contributed by atoms with van der Waals surface area (Å²) in [5, 5.41) is 0. The summed E-state index contributed by atoms with van der Waals surface area (Å²) in [6, 6.07) is 15.5. The topological polar surface area (TPSA) is 46.6 Å². The van der Waals surface area contributed by atoms with Crippen molar-refractivity contribution in [2.45, 2.75) is 25.3 Å². The normalized spacial score (nSPS) is 15.8. The van der Waals surface area contributed by atoms with Crippen LogP contribution in [-0.4, -0.2) is 29.4 Å². The van der Waals surface area contributed by atoms with E-state index in [1.165, 1.54) is 10.5 Å². The summed E-state index contributed by atoms with van der Waals surface area (Å²) in [6.07, 6.45) is 5.49. The van der Waals surface area contributed by atoms with Crippen molar-refractivity contribution in [2.75, 3.05) is 6.61 Å². The molecule has 0 aliphatic carbocycles. The van der Waals surface area contributed by atoms with Gasteiger partial charge in [-0.25, -0.2) is 0 Å². The van der Waals surface area contributed by atoms with Gasteiger partial charge < -0.3 is 4.74 Å². The molecule has 4 nitrogen and oxygen atoms in total. The van der Waals surface area contributed by atoms with Crippen molar-refractivity contribution in [3.63, 3.8) is 0 Å². The minimum absolute atomic E-state index is 0.0410. The number of carbonyl (C=O) groups excluding carboxylic acids is 2. The predicted octanol–water partition coefficient (Wildman–Crippen LogP) is 4.11. The second kappa shape index (κ2) is 8.49. The maximum atomic E-state index is 12.5. The highest BCUT2D eigenvalue weighted by molar-refractivity contribution is 6.01. The van der Waals surface area contributed by atoms with E-state index in [0.29, 0.717) is 12.2 Å². The zero-order valence-corrected chi connectivity index (χ0v) is 15.3. The molecule has 27 heavy (non-hydrogen) atoms. The van der Waals surface area contributed by atoms with Crippen molar-refractivity contribution < 1.29 is 14.3 Å². The Labute approximate surface area is 159 Å². The summed E-state index contributed by atoms with van der Waals surface area (Å²) in [4.78, 5) is 25.7. The number of benzene rings is 2. The Morgan fingerprint density at radius 3 is 2.52 bits per heavy atom. The van der Waals surface area contributed by atoms with E-state index in [1.54, 1.807) is 18.2 Å². The number of likely N-dealkylation sites (tertiary alicyclic amines) is 1. The van der Waals surface area contributed by atoms with Gasteiger partial charge in [-0.2, -0.15) is 0 Å². The zero-order valence-electron chi connectivity index (χ0n) is 15.3. The molecule has 1 aliphatic heterocycles. The first kappa shape index (κ1) is 18.6. The molecular weight excluding hydrogens is 338 g/mol. The third kappa shape index (κ3) is 4.34. The van der Waals surface area contributed by atoms with E-state index in [-0.39, 0.29) is 24.5 Å². The number of hydrogen-bond acceptors (Lipinski definition) is 3. The molecule has 1 saturated heterocycles. The smallest absolute Gasteiger partial charge is 0.267 e. The number of imide groups is 1. The average Bonchev–Trinajstić information content (AvgIpc) is 2.69. The van der Waals surface area contributed by atoms with Gasteiger partial charge in [0.25, 0.3) is 5.91 Å². The van der Waals surface area contributed by atoms with Crippen molar-refractivity contribution in [1.82, 2.24) is 4.90 Å². The molecule has 0 saturated carbocycles. The van der Waals surface area contributed by atoms with Crippen LogP contribution in [-0.2, 0) is 16.0 Å². The molecule has 138 valence electrons. The summed E-state index contributed by atoms with van der Waals surface area (Å²) in [5.74, 6) is 0.144. The van der Waals surface area contributed by atoms with Gasteiger partial charge in [0, 0.05) is 12.5 Å². The lowest BCUT2D eigenvalue weighted by molar-refractivity contribution is -0.159. The van der Waals surface area contributed by atoms with Crippen molar-refractivity contribution in [3.8, 4) is 5.75 Å². The fraction of sp³-hybridized carbons (Fsp3) is 0.217. The molecule has 0 spiro atoms. The van der Waals surface area contributed by atoms with Crippen molar-refractivity contribution >= 4 is 24.0 Å². The minimum atomic E-state index is -0.294. The second-order valence-corrected chi connectivity index (χ2v) is 6.53. The van der Waals surface area contributed by atoms with Gasteiger partial charge >= 0.3 is 0 Å². The monoisotopic (exact) mass is 361 g/mol. The van der Waals surface area contributed by atoms with E-state index < -0.39 is 0 Å². The number of nitrogens with zero attached hydrogens (tertiary/aromatic N) is 1. The molecule has 2 amide bonds. The molecule has 1 heterocycles. The summed E-state index contributed by atoms with van der Waals surface area (Å²) in [5.41, 5.74) is 3.04. The van der Waals surface area contributed by atoms with Gasteiger partial charge in [-0.1, -0.05) is 61.7 Å². The summed E-state index contributed by atoms with van der Waals surface area (Å²) in [7, 11) is 0. The van der Waals surface area contributed by atoms with Gasteiger partial charge in [0.15, 0.2) is 6.61 Å².